The van der Waals surface area contributed by atoms with E-state index in [4.69, 9.17) is 4.74 Å². The predicted molar refractivity (Wildman–Crippen MR) is 68.4 cm³/mol. The van der Waals surface area contributed by atoms with Gasteiger partial charge in [0.25, 0.3) is 0 Å². The number of aliphatic hydroxyl groups excluding tert-OH is 2. The molecule has 0 aromatic heterocycles. The topological polar surface area (TPSA) is 49.7 Å². The van der Waals surface area contributed by atoms with E-state index >= 15 is 0 Å². The molecule has 2 unspecified atom stereocenters. The van der Waals surface area contributed by atoms with E-state index in [1.165, 1.54) is 5.56 Å². The lowest BCUT2D eigenvalue weighted by Gasteiger charge is -2.14. The van der Waals surface area contributed by atoms with Crippen molar-refractivity contribution >= 4 is 0 Å². The Morgan fingerprint density at radius 3 is 2.53 bits per heavy atom. The Morgan fingerprint density at radius 2 is 2.00 bits per heavy atom. The Morgan fingerprint density at radius 1 is 1.29 bits per heavy atom. The summed E-state index contributed by atoms with van der Waals surface area (Å²) < 4.78 is 5.42. The lowest BCUT2D eigenvalue weighted by molar-refractivity contribution is 0.0265. The predicted octanol–water partition coefficient (Wildman–Crippen LogP) is 2.07. The van der Waals surface area contributed by atoms with E-state index in [1.54, 1.807) is 6.92 Å². The smallest absolute Gasteiger partial charge is 0.119 e. The normalized spacial score (nSPS) is 14.4. The maximum atomic E-state index is 9.54. The minimum Gasteiger partial charge on any atom is -0.494 e. The first-order valence-corrected chi connectivity index (χ1v) is 6.13. The minimum absolute atomic E-state index is 0.576. The summed E-state index contributed by atoms with van der Waals surface area (Å²) in [5.41, 5.74) is 2.35. The zero-order valence-electron chi connectivity index (χ0n) is 10.8. The van der Waals surface area contributed by atoms with Crippen molar-refractivity contribution < 1.29 is 14.9 Å². The molecule has 17 heavy (non-hydrogen) atoms. The second-order valence-electron chi connectivity index (χ2n) is 4.37. The number of ether oxygens (including phenoxy) is 1. The van der Waals surface area contributed by atoms with Crippen molar-refractivity contribution in [2.24, 2.45) is 0 Å². The monoisotopic (exact) mass is 238 g/mol. The molecular weight excluding hydrogens is 216 g/mol. The quantitative estimate of drug-likeness (QED) is 0.797. The van der Waals surface area contributed by atoms with Gasteiger partial charge in [-0.3, -0.25) is 0 Å². The van der Waals surface area contributed by atoms with Crippen LogP contribution in [-0.4, -0.2) is 29.0 Å². The molecule has 0 heterocycles. The maximum absolute atomic E-state index is 9.54. The van der Waals surface area contributed by atoms with Crippen LogP contribution in [0.2, 0.25) is 0 Å². The summed E-state index contributed by atoms with van der Waals surface area (Å²) in [5, 5.41) is 18.8. The first-order chi connectivity index (χ1) is 8.04. The molecule has 0 bridgehead atoms. The number of benzene rings is 1. The van der Waals surface area contributed by atoms with Crippen molar-refractivity contribution in [3.05, 3.63) is 29.3 Å². The first kappa shape index (κ1) is 14.0. The van der Waals surface area contributed by atoms with Crippen molar-refractivity contribution in [3.8, 4) is 5.75 Å². The number of aliphatic hydroxyl groups is 2. The fourth-order valence-electron chi connectivity index (χ4n) is 1.75. The summed E-state index contributed by atoms with van der Waals surface area (Å²) in [4.78, 5) is 0. The van der Waals surface area contributed by atoms with E-state index in [1.807, 2.05) is 32.0 Å². The van der Waals surface area contributed by atoms with Gasteiger partial charge in [-0.15, -0.1) is 0 Å². The second kappa shape index (κ2) is 6.62. The fourth-order valence-corrected chi connectivity index (χ4v) is 1.75. The number of aryl methyl sites for hydroxylation is 2. The molecule has 0 fully saturated rings. The Hall–Kier alpha value is -1.06. The van der Waals surface area contributed by atoms with Crippen molar-refractivity contribution in [2.45, 2.75) is 45.8 Å². The summed E-state index contributed by atoms with van der Waals surface area (Å²) in [6, 6.07) is 5.98. The van der Waals surface area contributed by atoms with Crippen LogP contribution < -0.4 is 4.74 Å². The van der Waals surface area contributed by atoms with Crippen molar-refractivity contribution in [2.75, 3.05) is 6.61 Å². The molecule has 0 amide bonds. The van der Waals surface area contributed by atoms with Gasteiger partial charge in [-0.25, -0.2) is 0 Å². The zero-order valence-corrected chi connectivity index (χ0v) is 10.8. The molecule has 0 aliphatic heterocycles. The SMILES string of the molecule is CCOc1ccc(CCC(O)C(C)O)c(C)c1. The molecule has 0 radical (unpaired) electrons. The number of hydrogen-bond donors (Lipinski definition) is 2. The van der Waals surface area contributed by atoms with E-state index in [9.17, 15) is 10.2 Å². The maximum Gasteiger partial charge on any atom is 0.119 e. The van der Waals surface area contributed by atoms with Crippen LogP contribution in [-0.2, 0) is 6.42 Å². The van der Waals surface area contributed by atoms with Gasteiger partial charge >= 0.3 is 0 Å². The van der Waals surface area contributed by atoms with Crippen LogP contribution in [0.1, 0.15) is 31.4 Å². The average molecular weight is 238 g/mol. The first-order valence-electron chi connectivity index (χ1n) is 6.13. The highest BCUT2D eigenvalue weighted by molar-refractivity contribution is 5.34. The molecule has 2 N–H and O–H groups in total. The van der Waals surface area contributed by atoms with Gasteiger partial charge in [0.05, 0.1) is 18.8 Å². The summed E-state index contributed by atoms with van der Waals surface area (Å²) in [7, 11) is 0. The van der Waals surface area contributed by atoms with Gasteiger partial charge in [0.1, 0.15) is 5.75 Å². The van der Waals surface area contributed by atoms with Crippen LogP contribution in [0.15, 0.2) is 18.2 Å². The third-order valence-electron chi connectivity index (χ3n) is 2.89. The highest BCUT2D eigenvalue weighted by Gasteiger charge is 2.11. The molecule has 1 aromatic rings. The largest absolute Gasteiger partial charge is 0.494 e. The van der Waals surface area contributed by atoms with Gasteiger partial charge in [-0.2, -0.15) is 0 Å². The highest BCUT2D eigenvalue weighted by Crippen LogP contribution is 2.19. The second-order valence-corrected chi connectivity index (χ2v) is 4.37. The van der Waals surface area contributed by atoms with Crippen LogP contribution >= 0.6 is 0 Å². The van der Waals surface area contributed by atoms with Crippen LogP contribution in [0.5, 0.6) is 5.75 Å². The summed E-state index contributed by atoms with van der Waals surface area (Å²) in [6.45, 7) is 6.27. The molecule has 3 heteroatoms. The number of rotatable bonds is 6. The summed E-state index contributed by atoms with van der Waals surface area (Å²) >= 11 is 0. The Bertz CT molecular complexity index is 347. The molecule has 0 saturated carbocycles. The van der Waals surface area contributed by atoms with E-state index < -0.39 is 12.2 Å². The van der Waals surface area contributed by atoms with Gasteiger partial charge in [0, 0.05) is 0 Å². The molecule has 0 aliphatic rings. The van der Waals surface area contributed by atoms with Gasteiger partial charge in [-0.1, -0.05) is 6.07 Å². The minimum atomic E-state index is -0.669. The van der Waals surface area contributed by atoms with Crippen LogP contribution in [0, 0.1) is 6.92 Å². The molecule has 1 rings (SSSR count). The zero-order chi connectivity index (χ0) is 12.8. The van der Waals surface area contributed by atoms with Crippen molar-refractivity contribution in [1.82, 2.24) is 0 Å². The van der Waals surface area contributed by atoms with E-state index in [2.05, 4.69) is 0 Å². The van der Waals surface area contributed by atoms with Crippen LogP contribution in [0.3, 0.4) is 0 Å². The lowest BCUT2D eigenvalue weighted by Crippen LogP contribution is -2.22. The molecule has 0 spiro atoms. The Balaban J connectivity index is 2.60. The highest BCUT2D eigenvalue weighted by atomic mass is 16.5. The van der Waals surface area contributed by atoms with Crippen molar-refractivity contribution in [1.29, 1.82) is 0 Å². The fraction of sp³-hybridized carbons (Fsp3) is 0.571. The van der Waals surface area contributed by atoms with E-state index in [-0.39, 0.29) is 0 Å². The summed E-state index contributed by atoms with van der Waals surface area (Å²) in [5.74, 6) is 0.879. The molecule has 1 aromatic carbocycles. The number of hydrogen-bond acceptors (Lipinski definition) is 3. The molecule has 0 aliphatic carbocycles. The van der Waals surface area contributed by atoms with Gasteiger partial charge in [0.2, 0.25) is 0 Å². The Kier molecular flexibility index (Phi) is 5.45. The lowest BCUT2D eigenvalue weighted by atomic mass is 10.00. The molecular formula is C14H22O3. The molecule has 96 valence electrons. The molecule has 3 nitrogen and oxygen atoms in total. The molecule has 2 atom stereocenters. The standard InChI is InChI=1S/C14H22O3/c1-4-17-13-7-5-12(10(2)9-13)6-8-14(16)11(3)15/h5,7,9,11,14-16H,4,6,8H2,1-3H3. The van der Waals surface area contributed by atoms with Crippen molar-refractivity contribution in [3.63, 3.8) is 0 Å². The van der Waals surface area contributed by atoms with E-state index in [0.717, 1.165) is 17.7 Å². The Labute approximate surface area is 103 Å². The summed E-state index contributed by atoms with van der Waals surface area (Å²) in [6.07, 6.45) is 0.0236. The third kappa shape index (κ3) is 4.36. The third-order valence-corrected chi connectivity index (χ3v) is 2.89. The van der Waals surface area contributed by atoms with Crippen LogP contribution in [0.4, 0.5) is 0 Å². The van der Waals surface area contributed by atoms with Crippen LogP contribution in [0.25, 0.3) is 0 Å². The van der Waals surface area contributed by atoms with E-state index in [0.29, 0.717) is 13.0 Å². The average Bonchev–Trinajstić information content (AvgIpc) is 2.27. The molecule has 0 saturated heterocycles. The van der Waals surface area contributed by atoms with Gasteiger partial charge < -0.3 is 14.9 Å². The van der Waals surface area contributed by atoms with Gasteiger partial charge in [-0.05, 0) is 56.9 Å². The van der Waals surface area contributed by atoms with Gasteiger partial charge in [0.15, 0.2) is 0 Å².